The van der Waals surface area contributed by atoms with Gasteiger partial charge in [0.2, 0.25) is 5.91 Å². The number of nitrogens with one attached hydrogen (secondary N) is 1. The van der Waals surface area contributed by atoms with Gasteiger partial charge < -0.3 is 15.8 Å². The third-order valence-corrected chi connectivity index (χ3v) is 2.82. The zero-order chi connectivity index (χ0) is 11.7. The van der Waals surface area contributed by atoms with Gasteiger partial charge >= 0.3 is 0 Å². The zero-order valence-electron chi connectivity index (χ0n) is 9.49. The minimum atomic E-state index is -0.117. The largest absolute Gasteiger partial charge is 0.490 e. The van der Waals surface area contributed by atoms with Crippen LogP contribution in [-0.4, -0.2) is 12.5 Å². The van der Waals surface area contributed by atoms with Crippen molar-refractivity contribution in [1.82, 2.24) is 0 Å². The number of carbonyl (C=O) groups excluding carboxylic acids is 1. The molecule has 0 radical (unpaired) electrons. The first kappa shape index (κ1) is 10.8. The van der Waals surface area contributed by atoms with Crippen molar-refractivity contribution >= 4 is 17.3 Å². The van der Waals surface area contributed by atoms with Crippen molar-refractivity contribution in [3.63, 3.8) is 0 Å². The third-order valence-electron chi connectivity index (χ3n) is 2.82. The van der Waals surface area contributed by atoms with Crippen LogP contribution < -0.4 is 15.8 Å². The first-order chi connectivity index (χ1) is 7.58. The van der Waals surface area contributed by atoms with Gasteiger partial charge in [-0.2, -0.15) is 0 Å². The van der Waals surface area contributed by atoms with Crippen LogP contribution in [0.5, 0.6) is 5.75 Å². The smallest absolute Gasteiger partial charge is 0.231 e. The number of anilines is 2. The molecule has 1 aromatic rings. The van der Waals surface area contributed by atoms with Crippen molar-refractivity contribution in [3.8, 4) is 5.75 Å². The molecule has 0 aromatic heterocycles. The Bertz CT molecular complexity index is 415. The molecule has 16 heavy (non-hydrogen) atoms. The lowest BCUT2D eigenvalue weighted by molar-refractivity contribution is -0.121. The Labute approximate surface area is 94.8 Å². The summed E-state index contributed by atoms with van der Waals surface area (Å²) in [5.74, 6) is 0.801. The van der Waals surface area contributed by atoms with Gasteiger partial charge in [-0.1, -0.05) is 13.8 Å². The number of benzene rings is 1. The standard InChI is InChI=1S/C12H16N2O2/c1-7(2)9-6-16-11-5-8(13)3-4-10(11)14-12(9)15/h3-5,7,9H,6,13H2,1-2H3,(H,14,15). The fraction of sp³-hybridized carbons (Fsp3) is 0.417. The highest BCUT2D eigenvalue weighted by atomic mass is 16.5. The molecule has 1 aliphatic heterocycles. The molecular weight excluding hydrogens is 204 g/mol. The quantitative estimate of drug-likeness (QED) is 0.710. The van der Waals surface area contributed by atoms with E-state index in [4.69, 9.17) is 10.5 Å². The van der Waals surface area contributed by atoms with E-state index in [1.54, 1.807) is 18.2 Å². The van der Waals surface area contributed by atoms with Crippen molar-refractivity contribution in [3.05, 3.63) is 18.2 Å². The minimum absolute atomic E-state index is 0.0125. The second-order valence-corrected chi connectivity index (χ2v) is 4.41. The Balaban J connectivity index is 2.29. The van der Waals surface area contributed by atoms with Crippen LogP contribution in [0.3, 0.4) is 0 Å². The van der Waals surface area contributed by atoms with Gasteiger partial charge in [0.1, 0.15) is 12.4 Å². The fourth-order valence-electron chi connectivity index (χ4n) is 1.74. The summed E-state index contributed by atoms with van der Waals surface area (Å²) in [6.07, 6.45) is 0. The highest BCUT2D eigenvalue weighted by Gasteiger charge is 2.27. The van der Waals surface area contributed by atoms with Crippen LogP contribution in [0.15, 0.2) is 18.2 Å². The number of rotatable bonds is 1. The number of nitrogens with two attached hydrogens (primary N) is 1. The molecule has 0 saturated heterocycles. The molecule has 1 aliphatic rings. The number of amides is 1. The molecule has 0 aliphatic carbocycles. The van der Waals surface area contributed by atoms with Crippen LogP contribution >= 0.6 is 0 Å². The summed E-state index contributed by atoms with van der Waals surface area (Å²) in [6.45, 7) is 4.43. The highest BCUT2D eigenvalue weighted by molar-refractivity contribution is 5.95. The van der Waals surface area contributed by atoms with Gasteiger partial charge in [-0.05, 0) is 18.1 Å². The average Bonchev–Trinajstić information content (AvgIpc) is 2.36. The number of ether oxygens (including phenoxy) is 1. The molecule has 1 atom stereocenters. The molecule has 1 amide bonds. The SMILES string of the molecule is CC(C)C1COc2cc(N)ccc2NC1=O. The number of carbonyl (C=O) groups is 1. The van der Waals surface area contributed by atoms with E-state index in [-0.39, 0.29) is 17.7 Å². The summed E-state index contributed by atoms with van der Waals surface area (Å²) in [5, 5.41) is 2.86. The predicted octanol–water partition coefficient (Wildman–Crippen LogP) is 1.87. The lowest BCUT2D eigenvalue weighted by atomic mass is 9.96. The van der Waals surface area contributed by atoms with E-state index in [2.05, 4.69) is 5.32 Å². The van der Waals surface area contributed by atoms with Gasteiger partial charge in [-0.3, -0.25) is 4.79 Å². The molecule has 1 unspecified atom stereocenters. The molecule has 1 heterocycles. The molecule has 4 heteroatoms. The molecule has 4 nitrogen and oxygen atoms in total. The molecule has 3 N–H and O–H groups in total. The number of fused-ring (bicyclic) bond motifs is 1. The van der Waals surface area contributed by atoms with E-state index in [9.17, 15) is 4.79 Å². The van der Waals surface area contributed by atoms with Gasteiger partial charge in [-0.15, -0.1) is 0 Å². The highest BCUT2D eigenvalue weighted by Crippen LogP contribution is 2.31. The van der Waals surface area contributed by atoms with E-state index in [0.29, 0.717) is 23.7 Å². The van der Waals surface area contributed by atoms with E-state index in [1.807, 2.05) is 13.8 Å². The first-order valence-electron chi connectivity index (χ1n) is 5.41. The van der Waals surface area contributed by atoms with Crippen molar-refractivity contribution in [2.45, 2.75) is 13.8 Å². The molecule has 1 aromatic carbocycles. The van der Waals surface area contributed by atoms with Crippen LogP contribution in [0.1, 0.15) is 13.8 Å². The van der Waals surface area contributed by atoms with E-state index in [0.717, 1.165) is 0 Å². The summed E-state index contributed by atoms with van der Waals surface area (Å²) in [7, 11) is 0. The fourth-order valence-corrected chi connectivity index (χ4v) is 1.74. The molecule has 2 rings (SSSR count). The van der Waals surface area contributed by atoms with Crippen LogP contribution in [-0.2, 0) is 4.79 Å². The van der Waals surface area contributed by atoms with Crippen LogP contribution in [0.25, 0.3) is 0 Å². The summed E-state index contributed by atoms with van der Waals surface area (Å²) in [6, 6.07) is 5.25. The van der Waals surface area contributed by atoms with Gasteiger partial charge in [0.05, 0.1) is 11.6 Å². The molecule has 0 spiro atoms. The Morgan fingerprint density at radius 2 is 2.25 bits per heavy atom. The van der Waals surface area contributed by atoms with Gasteiger partial charge in [-0.25, -0.2) is 0 Å². The van der Waals surface area contributed by atoms with Crippen molar-refractivity contribution < 1.29 is 9.53 Å². The van der Waals surface area contributed by atoms with Crippen molar-refractivity contribution in [1.29, 1.82) is 0 Å². The topological polar surface area (TPSA) is 64.3 Å². The molecule has 0 bridgehead atoms. The lowest BCUT2D eigenvalue weighted by Crippen LogP contribution is -2.29. The molecular formula is C12H16N2O2. The minimum Gasteiger partial charge on any atom is -0.490 e. The van der Waals surface area contributed by atoms with E-state index < -0.39 is 0 Å². The second kappa shape index (κ2) is 4.04. The molecule has 86 valence electrons. The normalized spacial score (nSPS) is 19.7. The van der Waals surface area contributed by atoms with Crippen molar-refractivity contribution in [2.75, 3.05) is 17.7 Å². The maximum Gasteiger partial charge on any atom is 0.231 e. The van der Waals surface area contributed by atoms with Crippen LogP contribution in [0.4, 0.5) is 11.4 Å². The van der Waals surface area contributed by atoms with Gasteiger partial charge in [0.15, 0.2) is 0 Å². The lowest BCUT2D eigenvalue weighted by Gasteiger charge is -2.15. The maximum absolute atomic E-state index is 11.9. The summed E-state index contributed by atoms with van der Waals surface area (Å²) in [4.78, 5) is 11.9. The number of nitrogen functional groups attached to an aromatic ring is 1. The zero-order valence-corrected chi connectivity index (χ0v) is 9.49. The Kier molecular flexibility index (Phi) is 2.73. The Hall–Kier alpha value is -1.71. The van der Waals surface area contributed by atoms with Gasteiger partial charge in [0.25, 0.3) is 0 Å². The van der Waals surface area contributed by atoms with Crippen LogP contribution in [0.2, 0.25) is 0 Å². The van der Waals surface area contributed by atoms with Crippen LogP contribution in [0, 0.1) is 11.8 Å². The Morgan fingerprint density at radius 1 is 1.50 bits per heavy atom. The summed E-state index contributed by atoms with van der Waals surface area (Å²) in [5.41, 5.74) is 7.00. The van der Waals surface area contributed by atoms with E-state index in [1.165, 1.54) is 0 Å². The predicted molar refractivity (Wildman–Crippen MR) is 63.3 cm³/mol. The monoisotopic (exact) mass is 220 g/mol. The summed E-state index contributed by atoms with van der Waals surface area (Å²) >= 11 is 0. The molecule has 0 saturated carbocycles. The average molecular weight is 220 g/mol. The Morgan fingerprint density at radius 3 is 2.94 bits per heavy atom. The number of hydrogen-bond acceptors (Lipinski definition) is 3. The maximum atomic E-state index is 11.9. The second-order valence-electron chi connectivity index (χ2n) is 4.41. The molecule has 0 fully saturated rings. The number of hydrogen-bond donors (Lipinski definition) is 2. The third kappa shape index (κ3) is 1.96. The van der Waals surface area contributed by atoms with Gasteiger partial charge in [0, 0.05) is 11.8 Å². The van der Waals surface area contributed by atoms with E-state index >= 15 is 0 Å². The van der Waals surface area contributed by atoms with Crippen molar-refractivity contribution in [2.24, 2.45) is 11.8 Å². The summed E-state index contributed by atoms with van der Waals surface area (Å²) < 4.78 is 5.61. The first-order valence-corrected chi connectivity index (χ1v) is 5.41.